The highest BCUT2D eigenvalue weighted by atomic mass is 32.1. The first-order valence-corrected chi connectivity index (χ1v) is 12.2. The van der Waals surface area contributed by atoms with Gasteiger partial charge in [0.25, 0.3) is 5.69 Å². The molecule has 1 N–H and O–H groups in total. The highest BCUT2D eigenvalue weighted by Crippen LogP contribution is 2.41. The zero-order chi connectivity index (χ0) is 24.5. The Kier molecular flexibility index (Phi) is 6.27. The lowest BCUT2D eigenvalue weighted by Gasteiger charge is -2.40. The fourth-order valence-corrected chi connectivity index (χ4v) is 5.59. The van der Waals surface area contributed by atoms with Gasteiger partial charge in [-0.2, -0.15) is 4.52 Å². The van der Waals surface area contributed by atoms with Gasteiger partial charge in [0.1, 0.15) is 5.75 Å². The number of ether oxygens (including phenoxy) is 1. The maximum atomic E-state index is 11.2. The first kappa shape index (κ1) is 23.1. The lowest BCUT2D eigenvalue weighted by molar-refractivity contribution is -0.384. The van der Waals surface area contributed by atoms with E-state index in [1.807, 2.05) is 19.1 Å². The fourth-order valence-electron chi connectivity index (χ4n) is 4.46. The van der Waals surface area contributed by atoms with Crippen LogP contribution >= 0.6 is 11.3 Å². The third-order valence-electron chi connectivity index (χ3n) is 6.34. The lowest BCUT2D eigenvalue weighted by Crippen LogP contribution is -2.47. The minimum Gasteiger partial charge on any atom is -0.497 e. The van der Waals surface area contributed by atoms with E-state index in [0.29, 0.717) is 17.2 Å². The van der Waals surface area contributed by atoms with Crippen LogP contribution in [0.4, 0.5) is 11.4 Å². The number of hydrogen-bond acceptors (Lipinski definition) is 9. The molecule has 182 valence electrons. The quantitative estimate of drug-likeness (QED) is 0.304. The molecule has 1 unspecified atom stereocenters. The zero-order valence-electron chi connectivity index (χ0n) is 19.5. The third-order valence-corrected chi connectivity index (χ3v) is 7.42. The predicted molar refractivity (Wildman–Crippen MR) is 134 cm³/mol. The van der Waals surface area contributed by atoms with Crippen LogP contribution < -0.4 is 9.64 Å². The van der Waals surface area contributed by atoms with Crippen molar-refractivity contribution in [2.45, 2.75) is 19.4 Å². The molecule has 0 bridgehead atoms. The van der Waals surface area contributed by atoms with E-state index in [4.69, 9.17) is 4.74 Å². The molecule has 5 rings (SSSR count). The Bertz CT molecular complexity index is 1330. The second-order valence-corrected chi connectivity index (χ2v) is 9.35. The number of thiazole rings is 1. The highest BCUT2D eigenvalue weighted by Gasteiger charge is 2.32. The van der Waals surface area contributed by atoms with E-state index in [1.165, 1.54) is 28.0 Å². The summed E-state index contributed by atoms with van der Waals surface area (Å²) in [5.74, 6) is 1.57. The number of methoxy groups -OCH3 is 1. The van der Waals surface area contributed by atoms with E-state index in [2.05, 4.69) is 32.0 Å². The molecule has 0 aliphatic carbocycles. The van der Waals surface area contributed by atoms with Crippen molar-refractivity contribution in [1.82, 2.24) is 19.5 Å². The van der Waals surface area contributed by atoms with Gasteiger partial charge in [0.15, 0.2) is 5.82 Å². The molecule has 3 heterocycles. The molecule has 4 aromatic rings. The van der Waals surface area contributed by atoms with Crippen LogP contribution in [0.15, 0.2) is 48.5 Å². The number of nitrogens with zero attached hydrogens (tertiary/aromatic N) is 6. The smallest absolute Gasteiger partial charge is 0.269 e. The van der Waals surface area contributed by atoms with Crippen molar-refractivity contribution in [2.75, 3.05) is 38.2 Å². The molecule has 35 heavy (non-hydrogen) atoms. The summed E-state index contributed by atoms with van der Waals surface area (Å²) in [6.07, 6.45) is 0.683. The molecule has 11 heteroatoms. The van der Waals surface area contributed by atoms with Crippen LogP contribution in [0.25, 0.3) is 4.96 Å². The first-order chi connectivity index (χ1) is 17.0. The number of fused-ring (bicyclic) bond motifs is 1. The summed E-state index contributed by atoms with van der Waals surface area (Å²) in [7, 11) is 1.65. The van der Waals surface area contributed by atoms with Crippen LogP contribution in [0.3, 0.4) is 0 Å². The Labute approximate surface area is 206 Å². The molecule has 10 nitrogen and oxygen atoms in total. The van der Waals surface area contributed by atoms with Gasteiger partial charge in [-0.1, -0.05) is 30.4 Å². The van der Waals surface area contributed by atoms with Crippen LogP contribution in [0.2, 0.25) is 0 Å². The number of nitro groups is 1. The number of benzene rings is 2. The monoisotopic (exact) mass is 494 g/mol. The normalized spacial score (nSPS) is 15.4. The van der Waals surface area contributed by atoms with Gasteiger partial charge >= 0.3 is 0 Å². The van der Waals surface area contributed by atoms with Gasteiger partial charge in [0, 0.05) is 50.4 Å². The summed E-state index contributed by atoms with van der Waals surface area (Å²) in [5.41, 5.74) is 2.05. The number of aromatic hydroxyl groups is 1. The van der Waals surface area contributed by atoms with Gasteiger partial charge in [0.05, 0.1) is 23.0 Å². The van der Waals surface area contributed by atoms with Crippen molar-refractivity contribution >= 4 is 27.7 Å². The van der Waals surface area contributed by atoms with Crippen LogP contribution in [-0.2, 0) is 6.42 Å². The minimum absolute atomic E-state index is 0.0382. The number of anilines is 1. The summed E-state index contributed by atoms with van der Waals surface area (Å²) >= 11 is 1.40. The number of aromatic nitrogens is 3. The van der Waals surface area contributed by atoms with Crippen molar-refractivity contribution in [3.63, 3.8) is 0 Å². The predicted octanol–water partition coefficient (Wildman–Crippen LogP) is 3.89. The number of nitro benzene ring substituents is 1. The molecular formula is C24H26N6O4S. The molecular weight excluding hydrogens is 468 g/mol. The van der Waals surface area contributed by atoms with Crippen LogP contribution in [0.5, 0.6) is 11.6 Å². The van der Waals surface area contributed by atoms with Crippen LogP contribution in [-0.4, -0.2) is 62.8 Å². The van der Waals surface area contributed by atoms with Crippen molar-refractivity contribution in [3.8, 4) is 11.6 Å². The lowest BCUT2D eigenvalue weighted by atomic mass is 10.0. The van der Waals surface area contributed by atoms with Crippen LogP contribution in [0.1, 0.15) is 29.2 Å². The largest absolute Gasteiger partial charge is 0.497 e. The molecule has 1 aliphatic rings. The molecule has 1 saturated heterocycles. The second kappa shape index (κ2) is 9.51. The number of non-ortho nitro benzene ring substituents is 1. The number of piperazine rings is 1. The Balaban J connectivity index is 1.45. The molecule has 1 fully saturated rings. The zero-order valence-corrected chi connectivity index (χ0v) is 20.3. The molecule has 0 radical (unpaired) electrons. The van der Waals surface area contributed by atoms with E-state index in [0.717, 1.165) is 48.1 Å². The van der Waals surface area contributed by atoms with E-state index in [-0.39, 0.29) is 17.6 Å². The van der Waals surface area contributed by atoms with Crippen molar-refractivity contribution < 1.29 is 14.8 Å². The molecule has 1 aliphatic heterocycles. The molecule has 0 spiro atoms. The Morgan fingerprint density at radius 1 is 1.11 bits per heavy atom. The Hall–Kier alpha value is -3.70. The standard InChI is InChI=1S/C24H26N6O4S/c1-3-20-25-24-29(26-20)23(31)22(35-24)21(16-4-6-18(7-5-16)30(32)33)28-14-12-27(13-15-28)17-8-10-19(34-2)11-9-17/h4-11,21,31H,3,12-15H2,1-2H3. The average Bonchev–Trinajstić information content (AvgIpc) is 3.44. The summed E-state index contributed by atoms with van der Waals surface area (Å²) < 4.78 is 6.76. The van der Waals surface area contributed by atoms with Crippen molar-refractivity contribution in [3.05, 3.63) is 74.9 Å². The van der Waals surface area contributed by atoms with Crippen LogP contribution in [0, 0.1) is 10.1 Å². The Morgan fingerprint density at radius 2 is 1.80 bits per heavy atom. The Morgan fingerprint density at radius 3 is 2.37 bits per heavy atom. The van der Waals surface area contributed by atoms with Gasteiger partial charge in [-0.25, -0.2) is 4.98 Å². The summed E-state index contributed by atoms with van der Waals surface area (Å²) in [6, 6.07) is 14.3. The van der Waals surface area contributed by atoms with Gasteiger partial charge in [-0.15, -0.1) is 5.10 Å². The van der Waals surface area contributed by atoms with E-state index in [1.54, 1.807) is 19.2 Å². The summed E-state index contributed by atoms with van der Waals surface area (Å²) in [4.78, 5) is 21.3. The van der Waals surface area contributed by atoms with Crippen molar-refractivity contribution in [1.29, 1.82) is 0 Å². The van der Waals surface area contributed by atoms with E-state index in [9.17, 15) is 15.2 Å². The third kappa shape index (κ3) is 4.40. The summed E-state index contributed by atoms with van der Waals surface area (Å²) in [6.45, 7) is 5.08. The topological polar surface area (TPSA) is 109 Å². The molecule has 1 atom stereocenters. The van der Waals surface area contributed by atoms with Crippen molar-refractivity contribution in [2.24, 2.45) is 0 Å². The second-order valence-electron chi connectivity index (χ2n) is 8.34. The van der Waals surface area contributed by atoms with E-state index < -0.39 is 4.92 Å². The number of rotatable bonds is 7. The highest BCUT2D eigenvalue weighted by molar-refractivity contribution is 7.17. The fraction of sp³-hybridized carbons (Fsp3) is 0.333. The maximum absolute atomic E-state index is 11.2. The van der Waals surface area contributed by atoms with Gasteiger partial charge in [-0.3, -0.25) is 15.0 Å². The number of aryl methyl sites for hydroxylation is 1. The first-order valence-electron chi connectivity index (χ1n) is 11.4. The minimum atomic E-state index is -0.403. The van der Waals surface area contributed by atoms with Gasteiger partial charge < -0.3 is 14.7 Å². The maximum Gasteiger partial charge on any atom is 0.269 e. The van der Waals surface area contributed by atoms with Gasteiger partial charge in [0.2, 0.25) is 10.8 Å². The molecule has 2 aromatic carbocycles. The van der Waals surface area contributed by atoms with E-state index >= 15 is 0 Å². The molecule has 0 saturated carbocycles. The molecule has 0 amide bonds. The SMILES string of the molecule is CCc1nc2sc(C(c3ccc([N+](=O)[O-])cc3)N3CCN(c4ccc(OC)cc4)CC3)c(O)n2n1. The van der Waals surface area contributed by atoms with Gasteiger partial charge in [-0.05, 0) is 29.8 Å². The average molecular weight is 495 g/mol. The summed E-state index contributed by atoms with van der Waals surface area (Å²) in [5, 5.41) is 26.7. The number of hydrogen-bond donors (Lipinski definition) is 1. The molecule has 2 aromatic heterocycles.